The maximum absolute atomic E-state index is 5.99. The molecule has 28 heavy (non-hydrogen) atoms. The molecule has 2 aromatic heterocycles. The predicted octanol–water partition coefficient (Wildman–Crippen LogP) is 4.06. The molecule has 2 N–H and O–H groups in total. The SMILES string of the molecule is CCNC(=NCc1cn2c(C)cccc2n1)NCCCOC1CCCCC1.I. The number of hydrogen-bond donors (Lipinski definition) is 2. The van der Waals surface area contributed by atoms with Crippen LogP contribution in [0.25, 0.3) is 5.65 Å². The first-order valence-electron chi connectivity index (χ1n) is 10.3. The summed E-state index contributed by atoms with van der Waals surface area (Å²) in [6.45, 7) is 7.26. The molecule has 156 valence electrons. The molecule has 0 aromatic carbocycles. The molecule has 3 rings (SSSR count). The fourth-order valence-corrected chi connectivity index (χ4v) is 3.54. The molecule has 0 radical (unpaired) electrons. The molecule has 0 saturated heterocycles. The maximum atomic E-state index is 5.99. The van der Waals surface area contributed by atoms with E-state index in [9.17, 15) is 0 Å². The first kappa shape index (κ1) is 22.9. The molecular formula is C21H34IN5O. The fraction of sp³-hybridized carbons (Fsp3) is 0.619. The van der Waals surface area contributed by atoms with Crippen LogP contribution in [0.15, 0.2) is 29.4 Å². The number of hydrogen-bond acceptors (Lipinski definition) is 3. The third-order valence-corrected chi connectivity index (χ3v) is 5.01. The van der Waals surface area contributed by atoms with Crippen molar-refractivity contribution in [2.45, 2.75) is 65.0 Å². The van der Waals surface area contributed by atoms with Crippen LogP contribution in [0.3, 0.4) is 0 Å². The van der Waals surface area contributed by atoms with Crippen molar-refractivity contribution in [2.75, 3.05) is 19.7 Å². The number of nitrogens with zero attached hydrogens (tertiary/aromatic N) is 3. The minimum atomic E-state index is 0. The highest BCUT2D eigenvalue weighted by Gasteiger charge is 2.13. The van der Waals surface area contributed by atoms with E-state index in [1.54, 1.807) is 0 Å². The van der Waals surface area contributed by atoms with E-state index in [1.165, 1.54) is 37.8 Å². The molecular weight excluding hydrogens is 465 g/mol. The molecule has 2 heterocycles. The number of nitrogens with one attached hydrogen (secondary N) is 2. The molecule has 0 spiro atoms. The van der Waals surface area contributed by atoms with Crippen molar-refractivity contribution in [1.82, 2.24) is 20.0 Å². The number of rotatable bonds is 8. The highest BCUT2D eigenvalue weighted by molar-refractivity contribution is 14.0. The average molecular weight is 499 g/mol. The van der Waals surface area contributed by atoms with Crippen molar-refractivity contribution >= 4 is 35.6 Å². The zero-order valence-electron chi connectivity index (χ0n) is 17.1. The summed E-state index contributed by atoms with van der Waals surface area (Å²) in [6, 6.07) is 6.14. The number of imidazole rings is 1. The smallest absolute Gasteiger partial charge is 0.191 e. The number of pyridine rings is 1. The van der Waals surface area contributed by atoms with Crippen molar-refractivity contribution < 1.29 is 4.74 Å². The van der Waals surface area contributed by atoms with Gasteiger partial charge in [-0.25, -0.2) is 9.98 Å². The van der Waals surface area contributed by atoms with E-state index in [2.05, 4.69) is 51.1 Å². The highest BCUT2D eigenvalue weighted by Crippen LogP contribution is 2.20. The van der Waals surface area contributed by atoms with Gasteiger partial charge in [0, 0.05) is 31.6 Å². The van der Waals surface area contributed by atoms with Gasteiger partial charge >= 0.3 is 0 Å². The lowest BCUT2D eigenvalue weighted by atomic mass is 9.98. The van der Waals surface area contributed by atoms with Gasteiger partial charge in [0.2, 0.25) is 0 Å². The molecule has 1 saturated carbocycles. The molecule has 2 aromatic rings. The Labute approximate surface area is 185 Å². The second kappa shape index (κ2) is 12.3. The largest absolute Gasteiger partial charge is 0.378 e. The van der Waals surface area contributed by atoms with Crippen LogP contribution >= 0.6 is 24.0 Å². The van der Waals surface area contributed by atoms with Crippen LogP contribution in [0.4, 0.5) is 0 Å². The Hall–Kier alpha value is -1.35. The normalized spacial score (nSPS) is 15.4. The average Bonchev–Trinajstić information content (AvgIpc) is 3.11. The Morgan fingerprint density at radius 3 is 2.82 bits per heavy atom. The van der Waals surface area contributed by atoms with E-state index in [0.29, 0.717) is 12.6 Å². The lowest BCUT2D eigenvalue weighted by molar-refractivity contribution is 0.0277. The van der Waals surface area contributed by atoms with Gasteiger partial charge < -0.3 is 19.8 Å². The van der Waals surface area contributed by atoms with Gasteiger partial charge in [-0.15, -0.1) is 24.0 Å². The van der Waals surface area contributed by atoms with Gasteiger partial charge in [-0.2, -0.15) is 0 Å². The maximum Gasteiger partial charge on any atom is 0.191 e. The lowest BCUT2D eigenvalue weighted by Crippen LogP contribution is -2.38. The zero-order valence-corrected chi connectivity index (χ0v) is 19.4. The molecule has 0 amide bonds. The second-order valence-electron chi connectivity index (χ2n) is 7.23. The van der Waals surface area contributed by atoms with Gasteiger partial charge in [0.05, 0.1) is 18.3 Å². The summed E-state index contributed by atoms with van der Waals surface area (Å²) < 4.78 is 8.09. The number of aryl methyl sites for hydroxylation is 1. The molecule has 0 aliphatic heterocycles. The fourth-order valence-electron chi connectivity index (χ4n) is 3.54. The van der Waals surface area contributed by atoms with Crippen molar-refractivity contribution in [1.29, 1.82) is 0 Å². The van der Waals surface area contributed by atoms with Gasteiger partial charge in [0.15, 0.2) is 5.96 Å². The molecule has 0 atom stereocenters. The quantitative estimate of drug-likeness (QED) is 0.249. The monoisotopic (exact) mass is 499 g/mol. The number of fused-ring (bicyclic) bond motifs is 1. The first-order valence-corrected chi connectivity index (χ1v) is 10.3. The van der Waals surface area contributed by atoms with Gasteiger partial charge in [-0.3, -0.25) is 0 Å². The highest BCUT2D eigenvalue weighted by atomic mass is 127. The number of aromatic nitrogens is 2. The van der Waals surface area contributed by atoms with Crippen molar-refractivity contribution in [2.24, 2.45) is 4.99 Å². The topological polar surface area (TPSA) is 63.0 Å². The Morgan fingerprint density at radius 1 is 1.25 bits per heavy atom. The zero-order chi connectivity index (χ0) is 18.9. The van der Waals surface area contributed by atoms with Crippen LogP contribution in [0.1, 0.15) is 56.8 Å². The van der Waals surface area contributed by atoms with Crippen LogP contribution in [-0.4, -0.2) is 41.1 Å². The second-order valence-corrected chi connectivity index (χ2v) is 7.23. The standard InChI is InChI=1S/C21H33N5O.HI/c1-3-22-21(23-13-8-14-27-19-10-5-4-6-11-19)24-15-18-16-26-17(2)9-7-12-20(26)25-18;/h7,9,12,16,19H,3-6,8,10-11,13-15H2,1-2H3,(H2,22,23,24);1H. The van der Waals surface area contributed by atoms with Gasteiger partial charge in [0.1, 0.15) is 5.65 Å². The Morgan fingerprint density at radius 2 is 2.07 bits per heavy atom. The predicted molar refractivity (Wildman–Crippen MR) is 126 cm³/mol. The summed E-state index contributed by atoms with van der Waals surface area (Å²) in [5, 5.41) is 6.70. The molecule has 0 bridgehead atoms. The van der Waals surface area contributed by atoms with Gasteiger partial charge in [-0.05, 0) is 45.2 Å². The molecule has 7 heteroatoms. The van der Waals surface area contributed by atoms with Gasteiger partial charge in [-0.1, -0.05) is 25.3 Å². The van der Waals surface area contributed by atoms with Gasteiger partial charge in [0.25, 0.3) is 0 Å². The molecule has 1 aliphatic carbocycles. The van der Waals surface area contributed by atoms with E-state index in [4.69, 9.17) is 4.74 Å². The third kappa shape index (κ3) is 6.92. The first-order chi connectivity index (χ1) is 13.3. The van der Waals surface area contributed by atoms with Crippen LogP contribution in [0, 0.1) is 6.92 Å². The Balaban J connectivity index is 0.00000280. The number of halogens is 1. The Bertz CT molecular complexity index is 739. The summed E-state index contributed by atoms with van der Waals surface area (Å²) in [5.41, 5.74) is 3.12. The number of ether oxygens (including phenoxy) is 1. The molecule has 1 aliphatic rings. The van der Waals surface area contributed by atoms with Crippen molar-refractivity contribution in [3.05, 3.63) is 35.8 Å². The van der Waals surface area contributed by atoms with E-state index in [-0.39, 0.29) is 24.0 Å². The molecule has 1 fully saturated rings. The van der Waals surface area contributed by atoms with Crippen molar-refractivity contribution in [3.8, 4) is 0 Å². The number of guanidine groups is 1. The molecule has 6 nitrogen and oxygen atoms in total. The van der Waals surface area contributed by atoms with E-state index < -0.39 is 0 Å². The summed E-state index contributed by atoms with van der Waals surface area (Å²) in [4.78, 5) is 9.32. The van der Waals surface area contributed by atoms with Crippen LogP contribution < -0.4 is 10.6 Å². The summed E-state index contributed by atoms with van der Waals surface area (Å²) >= 11 is 0. The summed E-state index contributed by atoms with van der Waals surface area (Å²) in [6.07, 6.45) is 10.0. The summed E-state index contributed by atoms with van der Waals surface area (Å²) in [5.74, 6) is 0.837. The lowest BCUT2D eigenvalue weighted by Gasteiger charge is -2.22. The van der Waals surface area contributed by atoms with Crippen LogP contribution in [0.5, 0.6) is 0 Å². The van der Waals surface area contributed by atoms with E-state index in [0.717, 1.165) is 43.4 Å². The third-order valence-electron chi connectivity index (χ3n) is 5.01. The van der Waals surface area contributed by atoms with E-state index in [1.807, 2.05) is 12.1 Å². The Kier molecular flexibility index (Phi) is 10.0. The minimum Gasteiger partial charge on any atom is -0.378 e. The van der Waals surface area contributed by atoms with E-state index >= 15 is 0 Å². The number of aliphatic imine (C=N–C) groups is 1. The minimum absolute atomic E-state index is 0. The van der Waals surface area contributed by atoms with Crippen LogP contribution in [-0.2, 0) is 11.3 Å². The van der Waals surface area contributed by atoms with Crippen molar-refractivity contribution in [3.63, 3.8) is 0 Å². The van der Waals surface area contributed by atoms with Crippen LogP contribution in [0.2, 0.25) is 0 Å². The summed E-state index contributed by atoms with van der Waals surface area (Å²) in [7, 11) is 0. The molecule has 0 unspecified atom stereocenters.